The van der Waals surface area contributed by atoms with Crippen LogP contribution in [0.3, 0.4) is 0 Å². The van der Waals surface area contributed by atoms with Crippen LogP contribution in [0.25, 0.3) is 0 Å². The molecule has 5 rings (SSSR count). The van der Waals surface area contributed by atoms with E-state index in [2.05, 4.69) is 20.6 Å². The number of hydrogen-bond acceptors (Lipinski definition) is 6. The van der Waals surface area contributed by atoms with Gasteiger partial charge in [-0.1, -0.05) is 30.3 Å². The van der Waals surface area contributed by atoms with Crippen molar-refractivity contribution in [3.8, 4) is 0 Å². The number of nitrogens with one attached hydrogen (secondary N) is 2. The fourth-order valence-corrected chi connectivity index (χ4v) is 6.04. The van der Waals surface area contributed by atoms with Gasteiger partial charge in [-0.25, -0.2) is 9.97 Å². The molecule has 1 saturated heterocycles. The third-order valence-corrected chi connectivity index (χ3v) is 7.71. The van der Waals surface area contributed by atoms with Gasteiger partial charge >= 0.3 is 6.18 Å². The van der Waals surface area contributed by atoms with E-state index in [1.807, 2.05) is 18.2 Å². The molecule has 2 aromatic carbocycles. The van der Waals surface area contributed by atoms with Gasteiger partial charge in [-0.3, -0.25) is 9.69 Å². The Labute approximate surface area is 225 Å². The highest BCUT2D eigenvalue weighted by atomic mass is 19.4. The van der Waals surface area contributed by atoms with Crippen molar-refractivity contribution in [1.29, 1.82) is 0 Å². The van der Waals surface area contributed by atoms with Crippen LogP contribution in [0.5, 0.6) is 0 Å². The van der Waals surface area contributed by atoms with E-state index in [-0.39, 0.29) is 18.5 Å². The summed E-state index contributed by atoms with van der Waals surface area (Å²) in [4.78, 5) is 24.0. The Morgan fingerprint density at radius 2 is 1.87 bits per heavy atom. The van der Waals surface area contributed by atoms with Crippen molar-refractivity contribution < 1.29 is 23.1 Å². The molecule has 3 aromatic rings. The van der Waals surface area contributed by atoms with E-state index in [1.54, 1.807) is 50.2 Å². The lowest BCUT2D eigenvalue weighted by atomic mass is 9.88. The number of carbonyl (C=O) groups is 1. The van der Waals surface area contributed by atoms with Crippen molar-refractivity contribution in [3.63, 3.8) is 0 Å². The average Bonchev–Trinajstić information content (AvgIpc) is 3.33. The number of alkyl halides is 3. The monoisotopic (exact) mass is 539 g/mol. The van der Waals surface area contributed by atoms with Crippen LogP contribution in [0, 0.1) is 0 Å². The summed E-state index contributed by atoms with van der Waals surface area (Å²) in [5, 5.41) is 16.3. The molecule has 1 aliphatic heterocycles. The zero-order chi connectivity index (χ0) is 27.8. The number of anilines is 3. The molecule has 3 atom stereocenters. The molecule has 0 bridgehead atoms. The van der Waals surface area contributed by atoms with Gasteiger partial charge in [0.15, 0.2) is 0 Å². The van der Waals surface area contributed by atoms with Gasteiger partial charge in [0.1, 0.15) is 23.7 Å². The lowest BCUT2D eigenvalue weighted by molar-refractivity contribution is -0.191. The Hall–Kier alpha value is -3.50. The third-order valence-electron chi connectivity index (χ3n) is 7.71. The van der Waals surface area contributed by atoms with Crippen LogP contribution < -0.4 is 10.6 Å². The number of aromatic nitrogens is 2. The number of rotatable bonds is 6. The molecule has 10 heteroatoms. The largest absolute Gasteiger partial charge is 0.404 e. The van der Waals surface area contributed by atoms with Gasteiger partial charge in [0, 0.05) is 29.9 Å². The molecular formula is C29H32F3N5O2. The number of benzene rings is 2. The number of para-hydroxylation sites is 1. The fourth-order valence-electron chi connectivity index (χ4n) is 6.04. The number of halogens is 3. The SMILES string of the molecule is CC(C)N1C(C(F)(F)F)CC[C@@]1(C(=O)Nc1ccccc1)c1cc(Nc2cccc3c2C[C@@H](O)CC3)ncn1. The second-order valence-electron chi connectivity index (χ2n) is 10.5. The lowest BCUT2D eigenvalue weighted by Gasteiger charge is -2.42. The number of likely N-dealkylation sites (tertiary alicyclic amines) is 1. The summed E-state index contributed by atoms with van der Waals surface area (Å²) in [6.07, 6.45) is -2.03. The zero-order valence-corrected chi connectivity index (χ0v) is 21.9. The van der Waals surface area contributed by atoms with Gasteiger partial charge in [0.2, 0.25) is 0 Å². The van der Waals surface area contributed by atoms with E-state index in [4.69, 9.17) is 0 Å². The standard InChI is InChI=1S/C29H32F3N5O2/c1-18(2)37-25(29(30,31)32)13-14-28(37,27(39)35-20-8-4-3-5-9-20)24-16-26(34-17-33-24)36-23-10-6-7-19-11-12-21(38)15-22(19)23/h3-10,16-18,21,25,38H,11-15H2,1-2H3,(H,35,39)(H,33,34,36)/t21-,25?,28-/m0/s1. The molecular weight excluding hydrogens is 507 g/mol. The number of carbonyl (C=O) groups excluding carboxylic acids is 1. The molecule has 206 valence electrons. The number of aliphatic hydroxyl groups is 1. The van der Waals surface area contributed by atoms with Crippen molar-refractivity contribution in [2.75, 3.05) is 10.6 Å². The first-order valence-electron chi connectivity index (χ1n) is 13.2. The molecule has 0 radical (unpaired) electrons. The maximum absolute atomic E-state index is 14.2. The van der Waals surface area contributed by atoms with Crippen molar-refractivity contribution in [2.45, 2.75) is 75.9 Å². The number of hydrogen-bond donors (Lipinski definition) is 3. The lowest BCUT2D eigenvalue weighted by Crippen LogP contribution is -2.58. The van der Waals surface area contributed by atoms with Crippen LogP contribution in [-0.2, 0) is 23.2 Å². The van der Waals surface area contributed by atoms with Crippen LogP contribution in [0.4, 0.5) is 30.4 Å². The Balaban J connectivity index is 1.57. The summed E-state index contributed by atoms with van der Waals surface area (Å²) in [7, 11) is 0. The summed E-state index contributed by atoms with van der Waals surface area (Å²) in [5.41, 5.74) is 1.89. The molecule has 1 fully saturated rings. The summed E-state index contributed by atoms with van der Waals surface area (Å²) in [5.74, 6) is -0.210. The highest BCUT2D eigenvalue weighted by Gasteiger charge is 2.61. The summed E-state index contributed by atoms with van der Waals surface area (Å²) < 4.78 is 42.7. The van der Waals surface area contributed by atoms with Crippen molar-refractivity contribution in [2.24, 2.45) is 0 Å². The van der Waals surface area contributed by atoms with Crippen LogP contribution in [0.2, 0.25) is 0 Å². The molecule has 0 saturated carbocycles. The molecule has 2 heterocycles. The Morgan fingerprint density at radius 1 is 1.10 bits per heavy atom. The maximum atomic E-state index is 14.2. The summed E-state index contributed by atoms with van der Waals surface area (Å²) in [6, 6.07) is 13.7. The number of nitrogens with zero attached hydrogens (tertiary/aromatic N) is 3. The number of fused-ring (bicyclic) bond motifs is 1. The van der Waals surface area contributed by atoms with E-state index >= 15 is 0 Å². The minimum absolute atomic E-state index is 0.0581. The molecule has 2 aliphatic rings. The smallest absolute Gasteiger partial charge is 0.393 e. The highest BCUT2D eigenvalue weighted by molar-refractivity contribution is 5.99. The van der Waals surface area contributed by atoms with Gasteiger partial charge in [-0.2, -0.15) is 13.2 Å². The summed E-state index contributed by atoms with van der Waals surface area (Å²) >= 11 is 0. The molecule has 1 aromatic heterocycles. The Morgan fingerprint density at radius 3 is 2.59 bits per heavy atom. The highest BCUT2D eigenvalue weighted by Crippen LogP contribution is 2.49. The molecule has 1 amide bonds. The molecule has 0 spiro atoms. The van der Waals surface area contributed by atoms with E-state index in [1.165, 1.54) is 11.2 Å². The number of aliphatic hydroxyl groups excluding tert-OH is 1. The zero-order valence-electron chi connectivity index (χ0n) is 21.9. The molecule has 1 aliphatic carbocycles. The average molecular weight is 540 g/mol. The minimum Gasteiger partial charge on any atom is -0.393 e. The van der Waals surface area contributed by atoms with Crippen LogP contribution in [0.1, 0.15) is 49.9 Å². The molecule has 1 unspecified atom stereocenters. The molecule has 7 nitrogen and oxygen atoms in total. The van der Waals surface area contributed by atoms with Crippen LogP contribution in [-0.4, -0.2) is 50.2 Å². The minimum atomic E-state index is -4.52. The van der Waals surface area contributed by atoms with Gasteiger partial charge in [-0.05, 0) is 68.9 Å². The first-order chi connectivity index (χ1) is 18.6. The van der Waals surface area contributed by atoms with E-state index in [9.17, 15) is 23.1 Å². The maximum Gasteiger partial charge on any atom is 0.404 e. The van der Waals surface area contributed by atoms with Crippen molar-refractivity contribution in [1.82, 2.24) is 14.9 Å². The Bertz CT molecular complexity index is 1330. The number of aryl methyl sites for hydroxylation is 1. The van der Waals surface area contributed by atoms with Gasteiger partial charge in [0.05, 0.1) is 11.8 Å². The third kappa shape index (κ3) is 5.23. The second-order valence-corrected chi connectivity index (χ2v) is 10.5. The first kappa shape index (κ1) is 27.1. The fraction of sp³-hybridized carbons (Fsp3) is 0.414. The van der Waals surface area contributed by atoms with Crippen molar-refractivity contribution in [3.05, 3.63) is 77.7 Å². The van der Waals surface area contributed by atoms with E-state index in [0.29, 0.717) is 24.3 Å². The summed E-state index contributed by atoms with van der Waals surface area (Å²) in [6.45, 7) is 3.33. The second kappa shape index (κ2) is 10.6. The van der Waals surface area contributed by atoms with Crippen molar-refractivity contribution >= 4 is 23.1 Å². The number of amides is 1. The van der Waals surface area contributed by atoms with E-state index in [0.717, 1.165) is 23.2 Å². The predicted octanol–water partition coefficient (Wildman–Crippen LogP) is 5.34. The van der Waals surface area contributed by atoms with Gasteiger partial charge < -0.3 is 15.7 Å². The van der Waals surface area contributed by atoms with Gasteiger partial charge in [0.25, 0.3) is 5.91 Å². The quantitative estimate of drug-likeness (QED) is 0.392. The normalized spacial score (nSPS) is 23.5. The van der Waals surface area contributed by atoms with E-state index < -0.39 is 35.8 Å². The topological polar surface area (TPSA) is 90.4 Å². The molecule has 3 N–H and O–H groups in total. The van der Waals surface area contributed by atoms with Crippen LogP contribution in [0.15, 0.2) is 60.9 Å². The Kier molecular flexibility index (Phi) is 7.35. The molecule has 39 heavy (non-hydrogen) atoms. The first-order valence-corrected chi connectivity index (χ1v) is 13.2. The predicted molar refractivity (Wildman–Crippen MR) is 143 cm³/mol. The van der Waals surface area contributed by atoms with Crippen LogP contribution >= 0.6 is 0 Å². The van der Waals surface area contributed by atoms with Gasteiger partial charge in [-0.15, -0.1) is 0 Å².